The van der Waals surface area contributed by atoms with Gasteiger partial charge in [-0.1, -0.05) is 32.9 Å². The van der Waals surface area contributed by atoms with Gasteiger partial charge in [-0.2, -0.15) is 0 Å². The lowest BCUT2D eigenvalue weighted by Gasteiger charge is -2.19. The highest BCUT2D eigenvalue weighted by atomic mass is 14.6. The van der Waals surface area contributed by atoms with Crippen LogP contribution in [0.3, 0.4) is 0 Å². The summed E-state index contributed by atoms with van der Waals surface area (Å²) in [5.41, 5.74) is 2.64. The lowest BCUT2D eigenvalue weighted by atomic mass is 9.86. The van der Waals surface area contributed by atoms with E-state index in [0.29, 0.717) is 0 Å². The van der Waals surface area contributed by atoms with Gasteiger partial charge in [-0.05, 0) is 29.2 Å². The van der Waals surface area contributed by atoms with Crippen molar-refractivity contribution in [2.24, 2.45) is 0 Å². The standard InChI is InChI=1S/C13H15N/c1-13(2,3)11-6-7-12-10(9-11)5-4-8-14-12/h4-9H,1-3H3. The predicted molar refractivity (Wildman–Crippen MR) is 60.4 cm³/mol. The number of pyridine rings is 1. The Bertz CT molecular complexity index is 452. The van der Waals surface area contributed by atoms with Crippen molar-refractivity contribution in [1.82, 2.24) is 4.98 Å². The molecule has 0 bridgehead atoms. The molecule has 0 fully saturated rings. The van der Waals surface area contributed by atoms with E-state index in [1.807, 2.05) is 12.3 Å². The van der Waals surface area contributed by atoms with Crippen LogP contribution in [0.1, 0.15) is 26.3 Å². The fourth-order valence-corrected chi connectivity index (χ4v) is 1.54. The molecule has 1 aromatic carbocycles. The van der Waals surface area contributed by atoms with Crippen molar-refractivity contribution in [3.8, 4) is 0 Å². The minimum absolute atomic E-state index is 0.212. The summed E-state index contributed by atoms with van der Waals surface area (Å²) in [6.45, 7) is 6.68. The highest BCUT2D eigenvalue weighted by molar-refractivity contribution is 5.79. The third kappa shape index (κ3) is 1.63. The molecule has 0 aliphatic rings. The zero-order valence-corrected chi connectivity index (χ0v) is 8.91. The quantitative estimate of drug-likeness (QED) is 0.611. The molecule has 0 N–H and O–H groups in total. The number of hydrogen-bond donors (Lipinski definition) is 0. The van der Waals surface area contributed by atoms with E-state index in [4.69, 9.17) is 0 Å². The molecule has 72 valence electrons. The minimum atomic E-state index is 0.212. The van der Waals surface area contributed by atoms with E-state index < -0.39 is 0 Å². The van der Waals surface area contributed by atoms with Crippen LogP contribution in [0, 0.1) is 0 Å². The molecule has 0 atom stereocenters. The molecule has 14 heavy (non-hydrogen) atoms. The second-order valence-electron chi connectivity index (χ2n) is 4.66. The summed E-state index contributed by atoms with van der Waals surface area (Å²) in [4.78, 5) is 4.30. The van der Waals surface area contributed by atoms with Crippen LogP contribution in [0.15, 0.2) is 36.5 Å². The van der Waals surface area contributed by atoms with Crippen molar-refractivity contribution >= 4 is 10.9 Å². The number of rotatable bonds is 0. The molecule has 2 aromatic rings. The summed E-state index contributed by atoms with van der Waals surface area (Å²) in [7, 11) is 0. The molecule has 0 spiro atoms. The molecule has 0 aliphatic carbocycles. The van der Waals surface area contributed by atoms with Gasteiger partial charge in [0.05, 0.1) is 5.52 Å². The molecule has 1 heterocycles. The first-order valence-electron chi connectivity index (χ1n) is 4.93. The second kappa shape index (κ2) is 3.09. The Balaban J connectivity index is 2.63. The van der Waals surface area contributed by atoms with Crippen LogP contribution < -0.4 is 0 Å². The third-order valence-corrected chi connectivity index (χ3v) is 2.47. The smallest absolute Gasteiger partial charge is 0.0702 e. The molecular weight excluding hydrogens is 170 g/mol. The van der Waals surface area contributed by atoms with Gasteiger partial charge in [0.2, 0.25) is 0 Å². The van der Waals surface area contributed by atoms with Crippen LogP contribution in [0.5, 0.6) is 0 Å². The lowest BCUT2D eigenvalue weighted by Crippen LogP contribution is -2.10. The molecule has 0 radical (unpaired) electrons. The third-order valence-electron chi connectivity index (χ3n) is 2.47. The van der Waals surface area contributed by atoms with Gasteiger partial charge < -0.3 is 0 Å². The Morgan fingerprint density at radius 1 is 1.07 bits per heavy atom. The number of aromatic nitrogens is 1. The normalized spacial score (nSPS) is 11.9. The van der Waals surface area contributed by atoms with Gasteiger partial charge in [-0.15, -0.1) is 0 Å². The van der Waals surface area contributed by atoms with E-state index in [1.54, 1.807) is 0 Å². The average Bonchev–Trinajstić information content (AvgIpc) is 2.16. The SMILES string of the molecule is CC(C)(C)c1ccc2ncccc2c1. The first-order valence-corrected chi connectivity index (χ1v) is 4.93. The van der Waals surface area contributed by atoms with Crippen molar-refractivity contribution in [3.05, 3.63) is 42.1 Å². The Morgan fingerprint density at radius 3 is 2.57 bits per heavy atom. The maximum Gasteiger partial charge on any atom is 0.0702 e. The summed E-state index contributed by atoms with van der Waals surface area (Å²) in [5, 5.41) is 1.22. The molecule has 0 amide bonds. The monoisotopic (exact) mass is 185 g/mol. The molecule has 2 rings (SSSR count). The summed E-state index contributed by atoms with van der Waals surface area (Å²) < 4.78 is 0. The van der Waals surface area contributed by atoms with Crippen LogP contribution >= 0.6 is 0 Å². The lowest BCUT2D eigenvalue weighted by molar-refractivity contribution is 0.591. The fourth-order valence-electron chi connectivity index (χ4n) is 1.54. The van der Waals surface area contributed by atoms with Crippen LogP contribution in [0.4, 0.5) is 0 Å². The van der Waals surface area contributed by atoms with E-state index in [1.165, 1.54) is 10.9 Å². The van der Waals surface area contributed by atoms with Crippen molar-refractivity contribution in [1.29, 1.82) is 0 Å². The maximum atomic E-state index is 4.30. The average molecular weight is 185 g/mol. The Kier molecular flexibility index (Phi) is 2.03. The van der Waals surface area contributed by atoms with Gasteiger partial charge in [0, 0.05) is 11.6 Å². The van der Waals surface area contributed by atoms with Crippen LogP contribution in [-0.4, -0.2) is 4.98 Å². The van der Waals surface area contributed by atoms with E-state index in [0.717, 1.165) is 5.52 Å². The highest BCUT2D eigenvalue weighted by Crippen LogP contribution is 2.24. The molecule has 1 nitrogen and oxygen atoms in total. The molecule has 1 aromatic heterocycles. The fraction of sp³-hybridized carbons (Fsp3) is 0.308. The van der Waals surface area contributed by atoms with Gasteiger partial charge in [0.1, 0.15) is 0 Å². The van der Waals surface area contributed by atoms with Gasteiger partial charge in [0.15, 0.2) is 0 Å². The topological polar surface area (TPSA) is 12.9 Å². The van der Waals surface area contributed by atoms with Gasteiger partial charge in [-0.25, -0.2) is 0 Å². The second-order valence-corrected chi connectivity index (χ2v) is 4.66. The molecular formula is C13H15N. The van der Waals surface area contributed by atoms with Crippen molar-refractivity contribution < 1.29 is 0 Å². The zero-order chi connectivity index (χ0) is 10.2. The molecule has 0 aliphatic heterocycles. The predicted octanol–water partition coefficient (Wildman–Crippen LogP) is 3.53. The summed E-state index contributed by atoms with van der Waals surface area (Å²) in [6.07, 6.45) is 1.83. The molecule has 0 saturated carbocycles. The zero-order valence-electron chi connectivity index (χ0n) is 8.91. The van der Waals surface area contributed by atoms with E-state index >= 15 is 0 Å². The van der Waals surface area contributed by atoms with E-state index in [-0.39, 0.29) is 5.41 Å². The van der Waals surface area contributed by atoms with Crippen LogP contribution in [0.25, 0.3) is 10.9 Å². The first kappa shape index (κ1) is 9.20. The van der Waals surface area contributed by atoms with Crippen molar-refractivity contribution in [2.75, 3.05) is 0 Å². The van der Waals surface area contributed by atoms with E-state index in [9.17, 15) is 0 Å². The molecule has 0 saturated heterocycles. The maximum absolute atomic E-state index is 4.30. The van der Waals surface area contributed by atoms with Crippen molar-refractivity contribution in [3.63, 3.8) is 0 Å². The Morgan fingerprint density at radius 2 is 1.86 bits per heavy atom. The number of hydrogen-bond acceptors (Lipinski definition) is 1. The van der Waals surface area contributed by atoms with Crippen molar-refractivity contribution in [2.45, 2.75) is 26.2 Å². The van der Waals surface area contributed by atoms with Gasteiger partial charge in [-0.3, -0.25) is 4.98 Å². The highest BCUT2D eigenvalue weighted by Gasteiger charge is 2.13. The van der Waals surface area contributed by atoms with Gasteiger partial charge >= 0.3 is 0 Å². The first-order chi connectivity index (χ1) is 6.57. The minimum Gasteiger partial charge on any atom is -0.256 e. The Labute approximate surface area is 84.8 Å². The van der Waals surface area contributed by atoms with Crippen LogP contribution in [0.2, 0.25) is 0 Å². The number of benzene rings is 1. The summed E-state index contributed by atoms with van der Waals surface area (Å²) in [6, 6.07) is 10.6. The van der Waals surface area contributed by atoms with Crippen LogP contribution in [-0.2, 0) is 5.41 Å². The number of nitrogens with zero attached hydrogens (tertiary/aromatic N) is 1. The number of fused-ring (bicyclic) bond motifs is 1. The van der Waals surface area contributed by atoms with E-state index in [2.05, 4.69) is 50.0 Å². The largest absolute Gasteiger partial charge is 0.256 e. The molecule has 1 heteroatoms. The summed E-state index contributed by atoms with van der Waals surface area (Å²) in [5.74, 6) is 0. The van der Waals surface area contributed by atoms with Gasteiger partial charge in [0.25, 0.3) is 0 Å². The molecule has 0 unspecified atom stereocenters. The summed E-state index contributed by atoms with van der Waals surface area (Å²) >= 11 is 0. The Hall–Kier alpha value is -1.37.